The molecule has 1 amide bonds. The van der Waals surface area contributed by atoms with Gasteiger partial charge in [0.15, 0.2) is 6.61 Å². The molecule has 5 nitrogen and oxygen atoms in total. The molecule has 0 aromatic heterocycles. The first-order chi connectivity index (χ1) is 14.7. The first kappa shape index (κ1) is 20.9. The molecule has 160 valence electrons. The van der Waals surface area contributed by atoms with Crippen LogP contribution in [-0.2, 0) is 11.3 Å². The predicted molar refractivity (Wildman–Crippen MR) is 120 cm³/mol. The highest BCUT2D eigenvalue weighted by Crippen LogP contribution is 2.20. The van der Waals surface area contributed by atoms with Crippen molar-refractivity contribution in [3.63, 3.8) is 0 Å². The summed E-state index contributed by atoms with van der Waals surface area (Å²) in [4.78, 5) is 19.6. The zero-order chi connectivity index (χ0) is 20.8. The Labute approximate surface area is 180 Å². The maximum absolute atomic E-state index is 12.5. The van der Waals surface area contributed by atoms with Crippen LogP contribution in [0.4, 0.5) is 0 Å². The number of piperidine rings is 1. The molecule has 2 saturated heterocycles. The van der Waals surface area contributed by atoms with E-state index < -0.39 is 0 Å². The van der Waals surface area contributed by atoms with Crippen molar-refractivity contribution in [2.24, 2.45) is 0 Å². The predicted octanol–water partition coefficient (Wildman–Crippen LogP) is 3.18. The fourth-order valence-electron chi connectivity index (χ4n) is 4.49. The molecule has 0 unspecified atom stereocenters. The summed E-state index contributed by atoms with van der Waals surface area (Å²) in [5.74, 6) is 0.850. The Morgan fingerprint density at radius 1 is 0.900 bits per heavy atom. The van der Waals surface area contributed by atoms with E-state index in [0.29, 0.717) is 6.04 Å². The standard InChI is InChI=1S/C25H33N3O2/c1-21-7-9-24(10-8-21)30-20-25(29)28-17-15-27(16-18-28)23-11-13-26(14-12-23)19-22-5-3-2-4-6-22/h2-10,23H,11-20H2,1H3. The van der Waals surface area contributed by atoms with Gasteiger partial charge in [-0.2, -0.15) is 0 Å². The fraction of sp³-hybridized carbons (Fsp3) is 0.480. The summed E-state index contributed by atoms with van der Waals surface area (Å²) in [6.07, 6.45) is 2.44. The lowest BCUT2D eigenvalue weighted by Gasteiger charge is -2.42. The van der Waals surface area contributed by atoms with Crippen LogP contribution in [0.25, 0.3) is 0 Å². The van der Waals surface area contributed by atoms with E-state index in [-0.39, 0.29) is 12.5 Å². The number of likely N-dealkylation sites (tertiary alicyclic amines) is 1. The molecule has 30 heavy (non-hydrogen) atoms. The van der Waals surface area contributed by atoms with Crippen LogP contribution in [0.3, 0.4) is 0 Å². The van der Waals surface area contributed by atoms with Gasteiger partial charge >= 0.3 is 0 Å². The summed E-state index contributed by atoms with van der Waals surface area (Å²) in [5, 5.41) is 0. The van der Waals surface area contributed by atoms with Crippen LogP contribution in [0.2, 0.25) is 0 Å². The molecule has 4 rings (SSSR count). The minimum Gasteiger partial charge on any atom is -0.484 e. The molecule has 2 aliphatic heterocycles. The number of ether oxygens (including phenoxy) is 1. The second kappa shape index (κ2) is 10.1. The van der Waals surface area contributed by atoms with Crippen LogP contribution < -0.4 is 4.74 Å². The number of amides is 1. The van der Waals surface area contributed by atoms with Crippen molar-refractivity contribution in [1.82, 2.24) is 14.7 Å². The lowest BCUT2D eigenvalue weighted by Crippen LogP contribution is -2.54. The molecule has 2 aromatic rings. The third kappa shape index (κ3) is 5.61. The Balaban J connectivity index is 1.16. The van der Waals surface area contributed by atoms with Gasteiger partial charge in [-0.25, -0.2) is 0 Å². The maximum atomic E-state index is 12.5. The number of carbonyl (C=O) groups is 1. The van der Waals surface area contributed by atoms with Gasteiger partial charge in [0, 0.05) is 38.8 Å². The van der Waals surface area contributed by atoms with E-state index in [1.54, 1.807) is 0 Å². The molecular formula is C25H33N3O2. The van der Waals surface area contributed by atoms with Gasteiger partial charge in [0.2, 0.25) is 0 Å². The Bertz CT molecular complexity index is 793. The van der Waals surface area contributed by atoms with Gasteiger partial charge in [0.05, 0.1) is 0 Å². The highest BCUT2D eigenvalue weighted by atomic mass is 16.5. The number of nitrogens with zero attached hydrogens (tertiary/aromatic N) is 3. The lowest BCUT2D eigenvalue weighted by molar-refractivity contribution is -0.135. The minimum atomic E-state index is 0.0907. The van der Waals surface area contributed by atoms with E-state index in [0.717, 1.165) is 51.6 Å². The normalized spacial score (nSPS) is 19.0. The quantitative estimate of drug-likeness (QED) is 0.737. The highest BCUT2D eigenvalue weighted by molar-refractivity contribution is 5.77. The summed E-state index contributed by atoms with van der Waals surface area (Å²) in [6, 6.07) is 19.2. The van der Waals surface area contributed by atoms with E-state index in [2.05, 4.69) is 40.1 Å². The van der Waals surface area contributed by atoms with E-state index in [9.17, 15) is 4.79 Å². The van der Waals surface area contributed by atoms with Crippen LogP contribution in [0.15, 0.2) is 54.6 Å². The second-order valence-electron chi connectivity index (χ2n) is 8.51. The topological polar surface area (TPSA) is 36.0 Å². The van der Waals surface area contributed by atoms with Crippen molar-refractivity contribution < 1.29 is 9.53 Å². The highest BCUT2D eigenvalue weighted by Gasteiger charge is 2.28. The van der Waals surface area contributed by atoms with Crippen LogP contribution in [0.5, 0.6) is 5.75 Å². The maximum Gasteiger partial charge on any atom is 0.260 e. The number of rotatable bonds is 6. The van der Waals surface area contributed by atoms with Crippen molar-refractivity contribution in [1.29, 1.82) is 0 Å². The molecule has 0 N–H and O–H groups in total. The Kier molecular flexibility index (Phi) is 7.03. The average Bonchev–Trinajstić information content (AvgIpc) is 2.80. The first-order valence-electron chi connectivity index (χ1n) is 11.1. The van der Waals surface area contributed by atoms with Crippen molar-refractivity contribution in [3.8, 4) is 5.75 Å². The summed E-state index contributed by atoms with van der Waals surface area (Å²) >= 11 is 0. The molecule has 0 radical (unpaired) electrons. The van der Waals surface area contributed by atoms with Gasteiger partial charge in [-0.15, -0.1) is 0 Å². The lowest BCUT2D eigenvalue weighted by atomic mass is 10.0. The van der Waals surface area contributed by atoms with E-state index in [4.69, 9.17) is 4.74 Å². The third-order valence-electron chi connectivity index (χ3n) is 6.37. The van der Waals surface area contributed by atoms with E-state index in [1.807, 2.05) is 36.1 Å². The Hall–Kier alpha value is -2.37. The number of benzene rings is 2. The van der Waals surface area contributed by atoms with Gasteiger partial charge < -0.3 is 9.64 Å². The number of hydrogen-bond donors (Lipinski definition) is 0. The molecule has 0 bridgehead atoms. The van der Waals surface area contributed by atoms with Crippen LogP contribution in [0.1, 0.15) is 24.0 Å². The first-order valence-corrected chi connectivity index (χ1v) is 11.1. The number of aryl methyl sites for hydroxylation is 1. The smallest absolute Gasteiger partial charge is 0.260 e. The van der Waals surface area contributed by atoms with Gasteiger partial charge in [-0.1, -0.05) is 48.0 Å². The van der Waals surface area contributed by atoms with Crippen LogP contribution in [0, 0.1) is 6.92 Å². The number of carbonyl (C=O) groups excluding carboxylic acids is 1. The largest absolute Gasteiger partial charge is 0.484 e. The molecule has 2 fully saturated rings. The van der Waals surface area contributed by atoms with Crippen molar-refractivity contribution in [2.45, 2.75) is 32.4 Å². The monoisotopic (exact) mass is 407 g/mol. The molecule has 2 heterocycles. The number of hydrogen-bond acceptors (Lipinski definition) is 4. The Morgan fingerprint density at radius 3 is 2.23 bits per heavy atom. The van der Waals surface area contributed by atoms with Crippen LogP contribution >= 0.6 is 0 Å². The summed E-state index contributed by atoms with van der Waals surface area (Å²) in [6.45, 7) is 9.09. The molecule has 2 aromatic carbocycles. The van der Waals surface area contributed by atoms with Gasteiger partial charge in [0.1, 0.15) is 5.75 Å². The summed E-state index contributed by atoms with van der Waals surface area (Å²) < 4.78 is 5.67. The van der Waals surface area contributed by atoms with E-state index in [1.165, 1.54) is 24.0 Å². The van der Waals surface area contributed by atoms with Crippen molar-refractivity contribution in [2.75, 3.05) is 45.9 Å². The van der Waals surface area contributed by atoms with E-state index >= 15 is 0 Å². The van der Waals surface area contributed by atoms with Crippen molar-refractivity contribution >= 4 is 5.91 Å². The summed E-state index contributed by atoms with van der Waals surface area (Å²) in [5.41, 5.74) is 2.59. The summed E-state index contributed by atoms with van der Waals surface area (Å²) in [7, 11) is 0. The molecule has 0 spiro atoms. The third-order valence-corrected chi connectivity index (χ3v) is 6.37. The molecular weight excluding hydrogens is 374 g/mol. The molecule has 0 atom stereocenters. The number of piperazine rings is 1. The SMILES string of the molecule is Cc1ccc(OCC(=O)N2CCN(C3CCN(Cc4ccccc4)CC3)CC2)cc1. The second-order valence-corrected chi connectivity index (χ2v) is 8.51. The Morgan fingerprint density at radius 2 is 1.57 bits per heavy atom. The van der Waals surface area contributed by atoms with Gasteiger partial charge in [-0.3, -0.25) is 14.6 Å². The zero-order valence-electron chi connectivity index (χ0n) is 18.0. The average molecular weight is 408 g/mol. The molecule has 0 aliphatic carbocycles. The zero-order valence-corrected chi connectivity index (χ0v) is 18.0. The fourth-order valence-corrected chi connectivity index (χ4v) is 4.49. The van der Waals surface area contributed by atoms with Gasteiger partial charge in [0.25, 0.3) is 5.91 Å². The molecule has 0 saturated carbocycles. The van der Waals surface area contributed by atoms with Crippen LogP contribution in [-0.4, -0.2) is 72.5 Å². The minimum absolute atomic E-state index is 0.0907. The van der Waals surface area contributed by atoms with Gasteiger partial charge in [-0.05, 0) is 50.6 Å². The molecule has 5 heteroatoms. The van der Waals surface area contributed by atoms with Crippen molar-refractivity contribution in [3.05, 3.63) is 65.7 Å². The molecule has 2 aliphatic rings.